The van der Waals surface area contributed by atoms with Crippen LogP contribution in [-0.4, -0.2) is 35.6 Å². The third-order valence-corrected chi connectivity index (χ3v) is 5.73. The number of hydrogen-bond acceptors (Lipinski definition) is 4. The molecule has 1 aliphatic carbocycles. The van der Waals surface area contributed by atoms with Gasteiger partial charge in [-0.05, 0) is 51.6 Å². The predicted octanol–water partition coefficient (Wildman–Crippen LogP) is 2.84. The van der Waals surface area contributed by atoms with Crippen LogP contribution in [0.1, 0.15) is 49.0 Å². The second-order valence-electron chi connectivity index (χ2n) is 6.03. The molecule has 0 aromatic carbocycles. The second kappa shape index (κ2) is 5.90. The molecule has 3 nitrogen and oxygen atoms in total. The van der Waals surface area contributed by atoms with E-state index in [1.165, 1.54) is 48.8 Å². The molecule has 1 aliphatic heterocycles. The molecule has 1 saturated carbocycles. The summed E-state index contributed by atoms with van der Waals surface area (Å²) in [5.74, 6) is 0.841. The Bertz CT molecular complexity index is 413. The van der Waals surface area contributed by atoms with Gasteiger partial charge in [-0.3, -0.25) is 4.90 Å². The fourth-order valence-electron chi connectivity index (χ4n) is 2.84. The van der Waals surface area contributed by atoms with E-state index in [9.17, 15) is 0 Å². The third kappa shape index (κ3) is 3.36. The summed E-state index contributed by atoms with van der Waals surface area (Å²) in [6.07, 6.45) is 7.30. The van der Waals surface area contributed by atoms with Crippen molar-refractivity contribution in [3.8, 4) is 0 Å². The number of thiazole rings is 1. The van der Waals surface area contributed by atoms with Crippen LogP contribution in [0.15, 0.2) is 6.20 Å². The Morgan fingerprint density at radius 2 is 2.32 bits per heavy atom. The Hall–Kier alpha value is -0.450. The van der Waals surface area contributed by atoms with Crippen molar-refractivity contribution in [2.24, 2.45) is 5.92 Å². The standard InChI is InChI=1S/C15H25N3S/c1-3-14-9-17-15(19-14)11(2)18-7-6-12(10-18)8-16-13-4-5-13/h9,11-13,16H,3-8,10H2,1-2H3. The van der Waals surface area contributed by atoms with Gasteiger partial charge < -0.3 is 5.32 Å². The smallest absolute Gasteiger partial charge is 0.110 e. The van der Waals surface area contributed by atoms with Crippen molar-refractivity contribution in [2.75, 3.05) is 19.6 Å². The molecule has 0 amide bonds. The van der Waals surface area contributed by atoms with E-state index >= 15 is 0 Å². The molecule has 1 aromatic rings. The number of nitrogens with one attached hydrogen (secondary N) is 1. The zero-order chi connectivity index (χ0) is 13.2. The number of likely N-dealkylation sites (tertiary alicyclic amines) is 1. The minimum atomic E-state index is 0.497. The fourth-order valence-corrected chi connectivity index (χ4v) is 3.78. The molecule has 1 N–H and O–H groups in total. The monoisotopic (exact) mass is 279 g/mol. The van der Waals surface area contributed by atoms with Gasteiger partial charge in [0.2, 0.25) is 0 Å². The first-order chi connectivity index (χ1) is 9.26. The van der Waals surface area contributed by atoms with Crippen LogP contribution < -0.4 is 5.32 Å². The highest BCUT2D eigenvalue weighted by molar-refractivity contribution is 7.11. The van der Waals surface area contributed by atoms with Gasteiger partial charge in [-0.2, -0.15) is 0 Å². The van der Waals surface area contributed by atoms with Crippen molar-refractivity contribution in [3.63, 3.8) is 0 Å². The molecule has 19 heavy (non-hydrogen) atoms. The van der Waals surface area contributed by atoms with Gasteiger partial charge in [-0.25, -0.2) is 4.98 Å². The fraction of sp³-hybridized carbons (Fsp3) is 0.800. The molecule has 0 spiro atoms. The van der Waals surface area contributed by atoms with Crippen LogP contribution in [0.25, 0.3) is 0 Å². The molecule has 2 aliphatic rings. The number of hydrogen-bond donors (Lipinski definition) is 1. The summed E-state index contributed by atoms with van der Waals surface area (Å²) in [6.45, 7) is 8.21. The molecule has 1 saturated heterocycles. The topological polar surface area (TPSA) is 28.2 Å². The lowest BCUT2D eigenvalue weighted by Crippen LogP contribution is -2.29. The Labute approximate surface area is 120 Å². The van der Waals surface area contributed by atoms with Crippen molar-refractivity contribution in [1.29, 1.82) is 0 Å². The summed E-state index contributed by atoms with van der Waals surface area (Å²) in [5, 5.41) is 4.97. The first kappa shape index (κ1) is 13.5. The van der Waals surface area contributed by atoms with E-state index < -0.39 is 0 Å². The average molecular weight is 279 g/mol. The lowest BCUT2D eigenvalue weighted by atomic mass is 10.1. The highest BCUT2D eigenvalue weighted by Gasteiger charge is 2.29. The highest BCUT2D eigenvalue weighted by atomic mass is 32.1. The Balaban J connectivity index is 1.51. The molecule has 2 atom stereocenters. The van der Waals surface area contributed by atoms with Crippen LogP contribution in [0.3, 0.4) is 0 Å². The molecule has 106 valence electrons. The van der Waals surface area contributed by atoms with Crippen molar-refractivity contribution < 1.29 is 0 Å². The number of nitrogens with zero attached hydrogens (tertiary/aromatic N) is 2. The van der Waals surface area contributed by atoms with Crippen LogP contribution >= 0.6 is 11.3 Å². The minimum Gasteiger partial charge on any atom is -0.314 e. The molecule has 0 bridgehead atoms. The van der Waals surface area contributed by atoms with Crippen LogP contribution in [0.5, 0.6) is 0 Å². The number of aryl methyl sites for hydroxylation is 1. The van der Waals surface area contributed by atoms with Gasteiger partial charge in [0, 0.05) is 23.7 Å². The zero-order valence-corrected chi connectivity index (χ0v) is 12.9. The van der Waals surface area contributed by atoms with Crippen LogP contribution in [0, 0.1) is 5.92 Å². The van der Waals surface area contributed by atoms with E-state index in [1.807, 2.05) is 11.3 Å². The maximum atomic E-state index is 4.60. The van der Waals surface area contributed by atoms with Gasteiger partial charge in [0.05, 0.1) is 6.04 Å². The lowest BCUT2D eigenvalue weighted by Gasteiger charge is -2.22. The van der Waals surface area contributed by atoms with E-state index in [0.717, 1.165) is 18.4 Å². The van der Waals surface area contributed by atoms with Gasteiger partial charge in [0.25, 0.3) is 0 Å². The maximum absolute atomic E-state index is 4.60. The van der Waals surface area contributed by atoms with Gasteiger partial charge in [-0.15, -0.1) is 11.3 Å². The number of aromatic nitrogens is 1. The summed E-state index contributed by atoms with van der Waals surface area (Å²) in [6, 6.07) is 1.34. The zero-order valence-electron chi connectivity index (χ0n) is 12.1. The quantitative estimate of drug-likeness (QED) is 0.868. The molecular weight excluding hydrogens is 254 g/mol. The predicted molar refractivity (Wildman–Crippen MR) is 80.6 cm³/mol. The molecule has 0 radical (unpaired) electrons. The van der Waals surface area contributed by atoms with E-state index in [1.54, 1.807) is 0 Å². The van der Waals surface area contributed by atoms with Crippen molar-refractivity contribution in [2.45, 2.75) is 51.6 Å². The van der Waals surface area contributed by atoms with Crippen LogP contribution in [-0.2, 0) is 6.42 Å². The van der Waals surface area contributed by atoms with Gasteiger partial charge in [0.1, 0.15) is 5.01 Å². The normalized spacial score (nSPS) is 25.9. The number of rotatable bonds is 6. The summed E-state index contributed by atoms with van der Waals surface area (Å²) in [5.41, 5.74) is 0. The maximum Gasteiger partial charge on any atom is 0.110 e. The van der Waals surface area contributed by atoms with E-state index in [4.69, 9.17) is 0 Å². The Morgan fingerprint density at radius 1 is 1.47 bits per heavy atom. The van der Waals surface area contributed by atoms with E-state index in [-0.39, 0.29) is 0 Å². The van der Waals surface area contributed by atoms with Crippen LogP contribution in [0.2, 0.25) is 0 Å². The molecule has 2 unspecified atom stereocenters. The minimum absolute atomic E-state index is 0.497. The van der Waals surface area contributed by atoms with Crippen molar-refractivity contribution in [1.82, 2.24) is 15.2 Å². The molecular formula is C15H25N3S. The van der Waals surface area contributed by atoms with Gasteiger partial charge >= 0.3 is 0 Å². The van der Waals surface area contributed by atoms with Gasteiger partial charge in [-0.1, -0.05) is 6.92 Å². The Morgan fingerprint density at radius 3 is 3.00 bits per heavy atom. The van der Waals surface area contributed by atoms with E-state index in [0.29, 0.717) is 6.04 Å². The molecule has 2 heterocycles. The third-order valence-electron chi connectivity index (χ3n) is 4.41. The molecule has 4 heteroatoms. The first-order valence-corrected chi connectivity index (χ1v) is 8.50. The second-order valence-corrected chi connectivity index (χ2v) is 7.17. The summed E-state index contributed by atoms with van der Waals surface area (Å²) in [7, 11) is 0. The average Bonchev–Trinajstić information content (AvgIpc) is 2.95. The highest BCUT2D eigenvalue weighted by Crippen LogP contribution is 2.30. The van der Waals surface area contributed by atoms with Crippen molar-refractivity contribution in [3.05, 3.63) is 16.1 Å². The molecule has 3 rings (SSSR count). The SMILES string of the molecule is CCc1cnc(C(C)N2CCC(CNC3CC3)C2)s1. The first-order valence-electron chi connectivity index (χ1n) is 7.68. The van der Waals surface area contributed by atoms with E-state index in [2.05, 4.69) is 35.2 Å². The molecule has 1 aromatic heterocycles. The summed E-state index contributed by atoms with van der Waals surface area (Å²) >= 11 is 1.89. The summed E-state index contributed by atoms with van der Waals surface area (Å²) < 4.78 is 0. The van der Waals surface area contributed by atoms with Crippen LogP contribution in [0.4, 0.5) is 0 Å². The lowest BCUT2D eigenvalue weighted by molar-refractivity contribution is 0.251. The molecule has 2 fully saturated rings. The summed E-state index contributed by atoms with van der Waals surface area (Å²) in [4.78, 5) is 8.62. The largest absolute Gasteiger partial charge is 0.314 e. The van der Waals surface area contributed by atoms with Gasteiger partial charge in [0.15, 0.2) is 0 Å². The Kier molecular flexibility index (Phi) is 4.20. The van der Waals surface area contributed by atoms with Crippen molar-refractivity contribution >= 4 is 11.3 Å².